The van der Waals surface area contributed by atoms with Crippen molar-refractivity contribution >= 4 is 15.9 Å². The van der Waals surface area contributed by atoms with E-state index in [-0.39, 0.29) is 11.9 Å². The molecule has 0 aliphatic rings. The molecule has 0 amide bonds. The molecule has 1 N–H and O–H groups in total. The van der Waals surface area contributed by atoms with E-state index < -0.39 is 0 Å². The quantitative estimate of drug-likeness (QED) is 0.912. The van der Waals surface area contributed by atoms with Crippen molar-refractivity contribution in [2.75, 3.05) is 6.54 Å². The van der Waals surface area contributed by atoms with Gasteiger partial charge in [0.05, 0.1) is 6.04 Å². The Hall–Kier alpha value is -1.20. The van der Waals surface area contributed by atoms with Crippen LogP contribution in [-0.2, 0) is 7.05 Å². The van der Waals surface area contributed by atoms with Crippen LogP contribution in [0.15, 0.2) is 35.1 Å². The number of aryl methyl sites for hydroxylation is 1. The molecule has 1 unspecified atom stereocenters. The fourth-order valence-electron chi connectivity index (χ4n) is 2.02. The average molecular weight is 326 g/mol. The lowest BCUT2D eigenvalue weighted by molar-refractivity contribution is 0.551. The summed E-state index contributed by atoms with van der Waals surface area (Å²) in [5.41, 5.74) is 0.990. The number of aromatic nitrogens is 2. The molecular formula is C14H17BrFN3. The van der Waals surface area contributed by atoms with E-state index in [1.54, 1.807) is 12.3 Å². The van der Waals surface area contributed by atoms with Gasteiger partial charge in [-0.05, 0) is 30.7 Å². The lowest BCUT2D eigenvalue weighted by Gasteiger charge is -2.20. The van der Waals surface area contributed by atoms with E-state index in [1.165, 1.54) is 12.1 Å². The minimum absolute atomic E-state index is 0.0464. The zero-order chi connectivity index (χ0) is 13.8. The highest BCUT2D eigenvalue weighted by Crippen LogP contribution is 2.28. The fourth-order valence-corrected chi connectivity index (χ4v) is 2.60. The van der Waals surface area contributed by atoms with Crippen molar-refractivity contribution in [3.8, 4) is 0 Å². The topological polar surface area (TPSA) is 29.9 Å². The number of benzene rings is 1. The second kappa shape index (κ2) is 6.30. The van der Waals surface area contributed by atoms with Crippen LogP contribution in [0.25, 0.3) is 0 Å². The van der Waals surface area contributed by atoms with Gasteiger partial charge >= 0.3 is 0 Å². The van der Waals surface area contributed by atoms with Gasteiger partial charge in [-0.3, -0.25) is 0 Å². The van der Waals surface area contributed by atoms with Gasteiger partial charge in [0.1, 0.15) is 11.6 Å². The Morgan fingerprint density at radius 3 is 2.84 bits per heavy atom. The summed E-state index contributed by atoms with van der Waals surface area (Å²) < 4.78 is 15.9. The number of rotatable bonds is 5. The first-order valence-electron chi connectivity index (χ1n) is 6.29. The molecule has 1 aromatic carbocycles. The van der Waals surface area contributed by atoms with Crippen LogP contribution < -0.4 is 5.32 Å². The van der Waals surface area contributed by atoms with Gasteiger partial charge in [-0.2, -0.15) is 0 Å². The second-order valence-corrected chi connectivity index (χ2v) is 5.30. The van der Waals surface area contributed by atoms with Crippen molar-refractivity contribution in [2.24, 2.45) is 7.05 Å². The summed E-state index contributed by atoms with van der Waals surface area (Å²) in [5, 5.41) is 3.45. The summed E-state index contributed by atoms with van der Waals surface area (Å²) in [6, 6.07) is 4.71. The Morgan fingerprint density at radius 2 is 2.26 bits per heavy atom. The van der Waals surface area contributed by atoms with Gasteiger partial charge in [-0.1, -0.05) is 28.9 Å². The Kier molecular flexibility index (Phi) is 4.71. The van der Waals surface area contributed by atoms with E-state index in [4.69, 9.17) is 0 Å². The van der Waals surface area contributed by atoms with Gasteiger partial charge in [0.2, 0.25) is 0 Å². The second-order valence-electron chi connectivity index (χ2n) is 4.45. The van der Waals surface area contributed by atoms with Crippen molar-refractivity contribution in [1.29, 1.82) is 0 Å². The third kappa shape index (κ3) is 3.22. The molecule has 2 aromatic rings. The molecule has 19 heavy (non-hydrogen) atoms. The van der Waals surface area contributed by atoms with Crippen LogP contribution in [0.3, 0.4) is 0 Å². The smallest absolute Gasteiger partial charge is 0.130 e. The first-order valence-corrected chi connectivity index (χ1v) is 7.08. The van der Waals surface area contributed by atoms with Gasteiger partial charge in [-0.15, -0.1) is 0 Å². The highest BCUT2D eigenvalue weighted by molar-refractivity contribution is 9.10. The van der Waals surface area contributed by atoms with Crippen LogP contribution in [0.2, 0.25) is 0 Å². The van der Waals surface area contributed by atoms with E-state index in [1.807, 2.05) is 17.8 Å². The zero-order valence-corrected chi connectivity index (χ0v) is 12.6. The molecule has 102 valence electrons. The van der Waals surface area contributed by atoms with E-state index in [9.17, 15) is 4.39 Å². The van der Waals surface area contributed by atoms with Gasteiger partial charge in [0, 0.05) is 23.9 Å². The summed E-state index contributed by atoms with van der Waals surface area (Å²) >= 11 is 3.43. The van der Waals surface area contributed by atoms with Crippen molar-refractivity contribution < 1.29 is 4.39 Å². The number of nitrogens with one attached hydrogen (secondary N) is 1. The van der Waals surface area contributed by atoms with Crippen molar-refractivity contribution in [2.45, 2.75) is 19.4 Å². The molecule has 1 atom stereocenters. The number of imidazole rings is 1. The highest BCUT2D eigenvalue weighted by atomic mass is 79.9. The third-order valence-electron chi connectivity index (χ3n) is 2.99. The number of nitrogens with zero attached hydrogens (tertiary/aromatic N) is 2. The minimum atomic E-state index is -0.246. The molecule has 0 fully saturated rings. The number of hydrogen-bond donors (Lipinski definition) is 1. The van der Waals surface area contributed by atoms with Crippen LogP contribution in [0.5, 0.6) is 0 Å². The Balaban J connectivity index is 2.40. The maximum Gasteiger partial charge on any atom is 0.130 e. The third-order valence-corrected chi connectivity index (χ3v) is 3.68. The van der Waals surface area contributed by atoms with Gasteiger partial charge < -0.3 is 9.88 Å². The maximum atomic E-state index is 13.2. The molecule has 0 aliphatic heterocycles. The molecule has 0 radical (unpaired) electrons. The maximum absolute atomic E-state index is 13.2. The first kappa shape index (κ1) is 14.2. The van der Waals surface area contributed by atoms with Gasteiger partial charge in [0.15, 0.2) is 0 Å². The SMILES string of the molecule is CCCNC(c1ccc(F)cc1Br)c1nccn1C. The molecule has 0 saturated carbocycles. The first-order chi connectivity index (χ1) is 9.13. The monoisotopic (exact) mass is 325 g/mol. The van der Waals surface area contributed by atoms with Crippen LogP contribution in [0.1, 0.15) is 30.8 Å². The van der Waals surface area contributed by atoms with Gasteiger partial charge in [0.25, 0.3) is 0 Å². The molecule has 1 aromatic heterocycles. The molecule has 2 rings (SSSR count). The summed E-state index contributed by atoms with van der Waals surface area (Å²) in [6.07, 6.45) is 4.71. The molecule has 0 saturated heterocycles. The molecule has 3 nitrogen and oxygen atoms in total. The van der Waals surface area contributed by atoms with E-state index in [0.29, 0.717) is 0 Å². The summed E-state index contributed by atoms with van der Waals surface area (Å²) in [6.45, 7) is 2.99. The average Bonchev–Trinajstić information content (AvgIpc) is 2.78. The molecule has 1 heterocycles. The van der Waals surface area contributed by atoms with Crippen molar-refractivity contribution in [3.63, 3.8) is 0 Å². The fraction of sp³-hybridized carbons (Fsp3) is 0.357. The molecular weight excluding hydrogens is 309 g/mol. The standard InChI is InChI=1S/C14H17BrFN3/c1-3-6-17-13(14-18-7-8-19(14)2)11-5-4-10(16)9-12(11)15/h4-5,7-9,13,17H,3,6H2,1-2H3. The number of halogens is 2. The van der Waals surface area contributed by atoms with E-state index >= 15 is 0 Å². The predicted octanol–water partition coefficient (Wildman–Crippen LogP) is 3.41. The van der Waals surface area contributed by atoms with E-state index in [2.05, 4.69) is 33.2 Å². The predicted molar refractivity (Wildman–Crippen MR) is 77.4 cm³/mol. The minimum Gasteiger partial charge on any atom is -0.336 e. The highest BCUT2D eigenvalue weighted by Gasteiger charge is 2.20. The van der Waals surface area contributed by atoms with Crippen LogP contribution in [0, 0.1) is 5.82 Å². The Labute approximate surface area is 121 Å². The molecule has 0 spiro atoms. The van der Waals surface area contributed by atoms with Crippen molar-refractivity contribution in [1.82, 2.24) is 14.9 Å². The van der Waals surface area contributed by atoms with Crippen LogP contribution in [0.4, 0.5) is 4.39 Å². The van der Waals surface area contributed by atoms with Crippen LogP contribution >= 0.6 is 15.9 Å². The van der Waals surface area contributed by atoms with Gasteiger partial charge in [-0.25, -0.2) is 9.37 Å². The molecule has 0 bridgehead atoms. The lowest BCUT2D eigenvalue weighted by Crippen LogP contribution is -2.26. The molecule has 0 aliphatic carbocycles. The molecule has 5 heteroatoms. The summed E-state index contributed by atoms with van der Waals surface area (Å²) in [5.74, 6) is 0.672. The summed E-state index contributed by atoms with van der Waals surface area (Å²) in [7, 11) is 1.96. The summed E-state index contributed by atoms with van der Waals surface area (Å²) in [4.78, 5) is 4.39. The largest absolute Gasteiger partial charge is 0.336 e. The zero-order valence-electron chi connectivity index (χ0n) is 11.0. The Bertz CT molecular complexity index is 553. The van der Waals surface area contributed by atoms with Crippen LogP contribution in [-0.4, -0.2) is 16.1 Å². The lowest BCUT2D eigenvalue weighted by atomic mass is 10.1. The normalized spacial score (nSPS) is 12.6. The Morgan fingerprint density at radius 1 is 1.47 bits per heavy atom. The van der Waals surface area contributed by atoms with Crippen molar-refractivity contribution in [3.05, 3.63) is 52.3 Å². The number of hydrogen-bond acceptors (Lipinski definition) is 2. The van der Waals surface area contributed by atoms with E-state index in [0.717, 1.165) is 28.8 Å².